The topological polar surface area (TPSA) is 15.5 Å². The third-order valence-electron chi connectivity index (χ3n) is 19.8. The Kier molecular flexibility index (Phi) is 21.9. The molecular formula is C101H136GeN4Si2+4. The van der Waals surface area contributed by atoms with Crippen LogP contribution in [0.5, 0.6) is 0 Å². The van der Waals surface area contributed by atoms with Crippen LogP contribution in [0.2, 0.25) is 56.6 Å². The maximum absolute atomic E-state index is 8.95. The van der Waals surface area contributed by atoms with Crippen LogP contribution in [0.15, 0.2) is 189 Å². The Balaban J connectivity index is 0.000000204. The van der Waals surface area contributed by atoms with Crippen LogP contribution in [-0.2, 0) is 47.3 Å². The van der Waals surface area contributed by atoms with Crippen molar-refractivity contribution in [3.63, 3.8) is 0 Å². The van der Waals surface area contributed by atoms with E-state index in [1.54, 1.807) is 22.7 Å². The Morgan fingerprint density at radius 1 is 0.315 bits per heavy atom. The third-order valence-corrected chi connectivity index (χ3v) is 28.1. The second-order valence-corrected chi connectivity index (χ2v) is 57.4. The quantitative estimate of drug-likeness (QED) is 0.0808. The Morgan fingerprint density at radius 2 is 0.667 bits per heavy atom. The average Bonchev–Trinajstić information content (AvgIpc) is 0.743. The van der Waals surface area contributed by atoms with E-state index in [1.165, 1.54) is 66.1 Å². The molecule has 0 aliphatic rings. The number of nitrogens with zero attached hydrogens (tertiary/aromatic N) is 4. The van der Waals surface area contributed by atoms with E-state index in [-0.39, 0.29) is 11.1 Å². The molecule has 0 saturated carbocycles. The van der Waals surface area contributed by atoms with Gasteiger partial charge in [0.2, 0.25) is 17.1 Å². The molecule has 568 valence electrons. The second-order valence-electron chi connectivity index (χ2n) is 36.7. The Labute approximate surface area is 678 Å². The van der Waals surface area contributed by atoms with Crippen molar-refractivity contribution in [2.24, 2.45) is 44.4 Å². The van der Waals surface area contributed by atoms with Crippen molar-refractivity contribution >= 4 is 44.2 Å². The van der Waals surface area contributed by atoms with Gasteiger partial charge >= 0.3 is 113 Å². The first kappa shape index (κ1) is 69.3. The van der Waals surface area contributed by atoms with Crippen LogP contribution in [0, 0.1) is 92.3 Å². The summed E-state index contributed by atoms with van der Waals surface area (Å²) in [5.41, 5.74) is 25.4. The summed E-state index contributed by atoms with van der Waals surface area (Å²) in [6, 6.07) is 57.4. The fourth-order valence-corrected chi connectivity index (χ4v) is 19.6. The number of aryl methyl sites for hydroxylation is 15. The van der Waals surface area contributed by atoms with E-state index >= 15 is 0 Å². The number of hydrogen-bond donors (Lipinski definition) is 0. The predicted octanol–water partition coefficient (Wildman–Crippen LogP) is 23.5. The molecule has 7 aromatic carbocycles. The second kappa shape index (κ2) is 34.2. The van der Waals surface area contributed by atoms with Crippen molar-refractivity contribution in [3.05, 3.63) is 266 Å². The summed E-state index contributed by atoms with van der Waals surface area (Å²) in [4.78, 5) is 0. The molecule has 7 heteroatoms. The molecule has 4 aromatic heterocycles. The molecule has 11 aromatic rings. The Bertz CT molecular complexity index is 5380. The van der Waals surface area contributed by atoms with E-state index in [9.17, 15) is 0 Å². The van der Waals surface area contributed by atoms with E-state index in [0.717, 1.165) is 72.7 Å². The molecule has 0 spiro atoms. The van der Waals surface area contributed by atoms with E-state index in [1.807, 2.05) is 169 Å². The fourth-order valence-electron chi connectivity index (χ4n) is 13.8. The number of hydrogen-bond acceptors (Lipinski definition) is 0. The first-order chi connectivity index (χ1) is 54.7. The van der Waals surface area contributed by atoms with Crippen LogP contribution in [-0.4, -0.2) is 29.4 Å². The molecule has 4 nitrogen and oxygen atoms in total. The van der Waals surface area contributed by atoms with E-state index < -0.39 is 78.5 Å². The minimum Gasteiger partial charge on any atom is -0.201 e. The van der Waals surface area contributed by atoms with Crippen molar-refractivity contribution in [3.8, 4) is 78.4 Å². The van der Waals surface area contributed by atoms with Gasteiger partial charge in [-0.2, -0.15) is 0 Å². The van der Waals surface area contributed by atoms with Gasteiger partial charge < -0.3 is 0 Å². The van der Waals surface area contributed by atoms with Crippen molar-refractivity contribution < 1.29 is 34.7 Å². The van der Waals surface area contributed by atoms with Gasteiger partial charge in [0.15, 0.2) is 18.6 Å². The van der Waals surface area contributed by atoms with Gasteiger partial charge in [0.25, 0.3) is 0 Å². The van der Waals surface area contributed by atoms with Crippen molar-refractivity contribution in [2.45, 2.75) is 214 Å². The van der Waals surface area contributed by atoms with E-state index in [2.05, 4.69) is 229 Å². The molecule has 0 bridgehead atoms. The fraction of sp³-hybridized carbons (Fsp3) is 0.386. The molecule has 0 N–H and O–H groups in total. The van der Waals surface area contributed by atoms with Gasteiger partial charge in [-0.3, -0.25) is 0 Å². The Hall–Kier alpha value is -7.88. The standard InChI is InChI=1S/2C29H40NSi.C27H34N.C16H22GeN/c1-20-11-13-23(14-12-20)26-17-25(21(2)15-28(26)31(8,9)10)27-16-24(18-29(4,5)6)22(3)19-30(27)7;1-20-11-13-23(14-12-20)26-17-25(22(3)16-28(26)31(8,9)10)27-15-21(2)24(19-30(27)7)18-29(4,5)6;1-18-9-11-22(12-10-18)24-15-25(21(4)13-20(24)3)26-14-19(2)23(17-28(26)8)16-27(5,6)7;1-13-8-6-7-9-15(13)16-11-10-14(12-18(16)5)17(2,3)4/h2*11-17,19H,18H2,1-10H3;9-15,17H,16H2,1-8H3;6-12H,1-5H3/q4*+1/i3D3,18D2;18D2;3D3,16D2;. The molecule has 0 amide bonds. The van der Waals surface area contributed by atoms with Crippen molar-refractivity contribution in [1.29, 1.82) is 0 Å². The van der Waals surface area contributed by atoms with Gasteiger partial charge in [-0.15, -0.1) is 0 Å². The molecule has 0 atom stereocenters. The van der Waals surface area contributed by atoms with Crippen LogP contribution in [0.3, 0.4) is 0 Å². The summed E-state index contributed by atoms with van der Waals surface area (Å²) in [6.07, 6.45) is 3.02. The predicted molar refractivity (Wildman–Crippen MR) is 479 cm³/mol. The average molecular weight is 1550 g/mol. The number of rotatable bonds is 13. The summed E-state index contributed by atoms with van der Waals surface area (Å²) in [7, 11) is 4.70. The van der Waals surface area contributed by atoms with E-state index in [4.69, 9.17) is 16.4 Å². The molecule has 0 unspecified atom stereocenters. The van der Waals surface area contributed by atoms with Gasteiger partial charge in [-0.05, 0) is 195 Å². The zero-order chi connectivity index (χ0) is 90.6. The normalized spacial score (nSPS) is 14.3. The smallest absolute Gasteiger partial charge is 0.201 e. The first-order valence-corrected chi connectivity index (χ1v) is 52.9. The zero-order valence-corrected chi connectivity index (χ0v) is 75.8. The summed E-state index contributed by atoms with van der Waals surface area (Å²) in [6.45, 7) is 45.3. The van der Waals surface area contributed by atoms with Gasteiger partial charge in [-0.25, -0.2) is 13.7 Å². The molecule has 0 radical (unpaired) electrons. The molecule has 0 fully saturated rings. The summed E-state index contributed by atoms with van der Waals surface area (Å²) in [5.74, 6) is 7.30. The van der Waals surface area contributed by atoms with Crippen LogP contribution in [0.25, 0.3) is 78.4 Å². The molecule has 108 heavy (non-hydrogen) atoms. The minimum atomic E-state index is -2.42. The van der Waals surface area contributed by atoms with Crippen LogP contribution >= 0.6 is 0 Å². The third kappa shape index (κ3) is 22.4. The van der Waals surface area contributed by atoms with Crippen LogP contribution < -0.4 is 33.0 Å². The van der Waals surface area contributed by atoms with Crippen molar-refractivity contribution in [1.82, 2.24) is 0 Å². The molecule has 0 aliphatic carbocycles. The van der Waals surface area contributed by atoms with Crippen LogP contribution in [0.1, 0.15) is 157 Å². The molecule has 11 rings (SSSR count). The van der Waals surface area contributed by atoms with Gasteiger partial charge in [0.1, 0.15) is 21.1 Å². The zero-order valence-electron chi connectivity index (χ0n) is 83.7. The maximum atomic E-state index is 8.95. The number of benzene rings is 7. The maximum Gasteiger partial charge on any atom is 0.212 e. The summed E-state index contributed by atoms with van der Waals surface area (Å²) in [5, 5.41) is 2.85. The van der Waals surface area contributed by atoms with Gasteiger partial charge in [0, 0.05) is 68.0 Å². The largest absolute Gasteiger partial charge is 0.212 e. The molecule has 0 aliphatic heterocycles. The molecule has 4 heterocycles. The monoisotopic (exact) mass is 1550 g/mol. The molecule has 0 saturated heterocycles. The van der Waals surface area contributed by atoms with Crippen molar-refractivity contribution in [2.75, 3.05) is 0 Å². The van der Waals surface area contributed by atoms with Gasteiger partial charge in [-0.1, -0.05) is 220 Å². The SMILES string of the molecule is Cc1ccccc1-c1cc[c]([Ge]([CH3])([CH3])[CH3])c[n+]1C.[2H]C([2H])([2H])c1c[n+](C)c(-c2cc(-c3ccc(C)cc3)c([Si](C)(C)C)cc2C)cc1C([2H])([2H])C(C)(C)C.[2H]C([2H])([2H])c1cc(C)c(-c2cc(C)c(C([2H])([2H])C(C)(C)C)c[n+]2C)cc1-c1ccc(C)cc1.[2H]C([2H])(c1c[n+](C)c(-c2cc(-c3ccc(C)cc3)c([Si](C)(C)C)cc2C)cc1C)C(C)(C)C. The van der Waals surface area contributed by atoms with Crippen LogP contribution in [0.4, 0.5) is 0 Å². The minimum absolute atomic E-state index is 0.0591. The van der Waals surface area contributed by atoms with Gasteiger partial charge in [0.05, 0.1) is 16.1 Å². The number of pyridine rings is 4. The summed E-state index contributed by atoms with van der Waals surface area (Å²) < 4.78 is 111. The van der Waals surface area contributed by atoms with E-state index in [0.29, 0.717) is 16.7 Å². The first-order valence-electron chi connectivity index (χ1n) is 44.5. The Morgan fingerprint density at radius 3 is 1.04 bits per heavy atom. The summed E-state index contributed by atoms with van der Waals surface area (Å²) >= 11 is -1.72. The number of aromatic nitrogens is 4. The molecular weight excluding hydrogens is 1400 g/mol.